The summed E-state index contributed by atoms with van der Waals surface area (Å²) in [5, 5.41) is 3.42. The molecule has 0 radical (unpaired) electrons. The van der Waals surface area contributed by atoms with Crippen molar-refractivity contribution in [3.63, 3.8) is 0 Å². The van der Waals surface area contributed by atoms with Gasteiger partial charge in [-0.3, -0.25) is 0 Å². The van der Waals surface area contributed by atoms with Gasteiger partial charge in [0.05, 0.1) is 0 Å². The first kappa shape index (κ1) is 18.3. The quantitative estimate of drug-likeness (QED) is 0.625. The second-order valence-corrected chi connectivity index (χ2v) is 4.26. The first-order chi connectivity index (χ1) is 7.81. The van der Waals surface area contributed by atoms with Gasteiger partial charge in [0, 0.05) is 0 Å². The van der Waals surface area contributed by atoms with Crippen molar-refractivity contribution in [1.29, 1.82) is 0 Å². The van der Waals surface area contributed by atoms with E-state index in [1.165, 1.54) is 38.8 Å². The van der Waals surface area contributed by atoms with Crippen molar-refractivity contribution in [2.45, 2.75) is 74.1 Å². The molecule has 0 aromatic heterocycles. The maximum Gasteiger partial charge on any atom is -0.00436 e. The van der Waals surface area contributed by atoms with Crippen LogP contribution in [0, 0.1) is 11.3 Å². The highest BCUT2D eigenvalue weighted by molar-refractivity contribution is 4.94. The van der Waals surface area contributed by atoms with Crippen LogP contribution in [0.25, 0.3) is 0 Å². The highest BCUT2D eigenvalue weighted by Gasteiger charge is 2.41. The van der Waals surface area contributed by atoms with E-state index in [0.29, 0.717) is 0 Å². The Morgan fingerprint density at radius 1 is 0.812 bits per heavy atom. The molecular weight excluding hydrogens is 194 g/mol. The fourth-order valence-electron chi connectivity index (χ4n) is 2.78. The summed E-state index contributed by atoms with van der Waals surface area (Å²) in [4.78, 5) is 0. The predicted molar refractivity (Wildman–Crippen MR) is 77.0 cm³/mol. The number of piperidine rings is 1. The van der Waals surface area contributed by atoms with Crippen molar-refractivity contribution >= 4 is 0 Å². The first-order valence-electron chi connectivity index (χ1n) is 7.52. The zero-order valence-electron chi connectivity index (χ0n) is 12.8. The first-order valence-corrected chi connectivity index (χ1v) is 7.52. The molecule has 1 heterocycles. The van der Waals surface area contributed by atoms with Crippen LogP contribution in [0.4, 0.5) is 0 Å². The van der Waals surface area contributed by atoms with Gasteiger partial charge in [0.25, 0.3) is 0 Å². The molecule has 2 aliphatic rings. The van der Waals surface area contributed by atoms with Gasteiger partial charge in [0.2, 0.25) is 0 Å². The molecule has 0 bridgehead atoms. The summed E-state index contributed by atoms with van der Waals surface area (Å²) >= 11 is 0. The standard InChI is InChI=1S/C9H17N.3C2H6/c1-8-6-9(7-8)2-4-10-5-3-9;3*1-2/h8,10H,2-7H2,1H3;3*1-2H3. The molecular formula is C15H35N. The molecule has 0 atom stereocenters. The average Bonchev–Trinajstić information content (AvgIpc) is 2.36. The Morgan fingerprint density at radius 3 is 1.50 bits per heavy atom. The van der Waals surface area contributed by atoms with Crippen LogP contribution >= 0.6 is 0 Å². The Balaban J connectivity index is 0. The fourth-order valence-corrected chi connectivity index (χ4v) is 2.78. The largest absolute Gasteiger partial charge is 0.317 e. The summed E-state index contributed by atoms with van der Waals surface area (Å²) in [5.41, 5.74) is 0.810. The molecule has 1 aliphatic heterocycles. The number of nitrogens with one attached hydrogen (secondary N) is 1. The number of hydrogen-bond donors (Lipinski definition) is 1. The van der Waals surface area contributed by atoms with E-state index < -0.39 is 0 Å². The highest BCUT2D eigenvalue weighted by atomic mass is 14.9. The molecule has 1 saturated heterocycles. The van der Waals surface area contributed by atoms with Gasteiger partial charge in [0.15, 0.2) is 0 Å². The van der Waals surface area contributed by atoms with E-state index in [9.17, 15) is 0 Å². The van der Waals surface area contributed by atoms with Crippen LogP contribution in [-0.4, -0.2) is 13.1 Å². The molecule has 1 N–H and O–H groups in total. The number of rotatable bonds is 0. The van der Waals surface area contributed by atoms with Crippen LogP contribution in [0.5, 0.6) is 0 Å². The molecule has 0 aromatic rings. The Morgan fingerprint density at radius 2 is 1.19 bits per heavy atom. The van der Waals surface area contributed by atoms with Crippen LogP contribution in [-0.2, 0) is 0 Å². The monoisotopic (exact) mass is 229 g/mol. The summed E-state index contributed by atoms with van der Waals surface area (Å²) in [6, 6.07) is 0. The fraction of sp³-hybridized carbons (Fsp3) is 1.00. The minimum absolute atomic E-state index is 0.810. The summed E-state index contributed by atoms with van der Waals surface area (Å²) in [5.74, 6) is 1.03. The van der Waals surface area contributed by atoms with Crippen molar-refractivity contribution in [3.8, 4) is 0 Å². The molecule has 0 aromatic carbocycles. The van der Waals surface area contributed by atoms with E-state index in [2.05, 4.69) is 12.2 Å². The minimum atomic E-state index is 0.810. The highest BCUT2D eigenvalue weighted by Crippen LogP contribution is 2.51. The third-order valence-electron chi connectivity index (χ3n) is 3.23. The normalized spacial score (nSPS) is 21.2. The molecule has 1 aliphatic carbocycles. The molecule has 2 rings (SSSR count). The molecule has 0 unspecified atom stereocenters. The Labute approximate surface area is 104 Å². The third kappa shape index (κ3) is 5.89. The second-order valence-electron chi connectivity index (χ2n) is 4.26. The molecule has 1 saturated carbocycles. The molecule has 1 nitrogen and oxygen atoms in total. The van der Waals surface area contributed by atoms with Gasteiger partial charge in [0.1, 0.15) is 0 Å². The van der Waals surface area contributed by atoms with Crippen LogP contribution in [0.15, 0.2) is 0 Å². The number of hydrogen-bond acceptors (Lipinski definition) is 1. The zero-order valence-corrected chi connectivity index (χ0v) is 12.8. The second kappa shape index (κ2) is 11.4. The van der Waals surface area contributed by atoms with E-state index in [1.807, 2.05) is 41.5 Å². The summed E-state index contributed by atoms with van der Waals surface area (Å²) < 4.78 is 0. The summed E-state index contributed by atoms with van der Waals surface area (Å²) in [6.45, 7) is 16.9. The molecule has 0 amide bonds. The van der Waals surface area contributed by atoms with Crippen molar-refractivity contribution in [2.75, 3.05) is 13.1 Å². The van der Waals surface area contributed by atoms with Crippen LogP contribution in [0.3, 0.4) is 0 Å². The Hall–Kier alpha value is -0.0400. The molecule has 1 spiro atoms. The van der Waals surface area contributed by atoms with Crippen molar-refractivity contribution in [1.82, 2.24) is 5.32 Å². The zero-order chi connectivity index (χ0) is 13.0. The average molecular weight is 229 g/mol. The Bertz CT molecular complexity index is 110. The molecule has 2 fully saturated rings. The van der Waals surface area contributed by atoms with Gasteiger partial charge in [-0.2, -0.15) is 0 Å². The Kier molecular flexibility index (Phi) is 13.1. The lowest BCUT2D eigenvalue weighted by Gasteiger charge is -2.49. The van der Waals surface area contributed by atoms with Crippen molar-refractivity contribution < 1.29 is 0 Å². The molecule has 16 heavy (non-hydrogen) atoms. The van der Waals surface area contributed by atoms with Gasteiger partial charge in [-0.05, 0) is 50.1 Å². The molecule has 100 valence electrons. The van der Waals surface area contributed by atoms with E-state index in [0.717, 1.165) is 11.3 Å². The lowest BCUT2D eigenvalue weighted by Crippen LogP contribution is -2.44. The lowest BCUT2D eigenvalue weighted by atomic mass is 9.58. The van der Waals surface area contributed by atoms with Gasteiger partial charge in [-0.1, -0.05) is 48.5 Å². The third-order valence-corrected chi connectivity index (χ3v) is 3.23. The van der Waals surface area contributed by atoms with Crippen LogP contribution < -0.4 is 5.32 Å². The van der Waals surface area contributed by atoms with Crippen LogP contribution in [0.1, 0.15) is 74.1 Å². The SMILES string of the molecule is CC.CC.CC.CC1CC2(CCNCC2)C1. The van der Waals surface area contributed by atoms with Gasteiger partial charge < -0.3 is 5.32 Å². The summed E-state index contributed by atoms with van der Waals surface area (Å²) in [6.07, 6.45) is 5.90. The maximum atomic E-state index is 3.42. The van der Waals surface area contributed by atoms with Crippen molar-refractivity contribution in [3.05, 3.63) is 0 Å². The molecule has 1 heteroatoms. The van der Waals surface area contributed by atoms with Crippen LogP contribution in [0.2, 0.25) is 0 Å². The van der Waals surface area contributed by atoms with E-state index in [1.54, 1.807) is 0 Å². The minimum Gasteiger partial charge on any atom is -0.317 e. The summed E-state index contributed by atoms with van der Waals surface area (Å²) in [7, 11) is 0. The maximum absolute atomic E-state index is 3.42. The van der Waals surface area contributed by atoms with Gasteiger partial charge in [-0.25, -0.2) is 0 Å². The van der Waals surface area contributed by atoms with E-state index in [-0.39, 0.29) is 0 Å². The van der Waals surface area contributed by atoms with E-state index >= 15 is 0 Å². The predicted octanol–water partition coefficient (Wildman–Crippen LogP) is 4.86. The lowest BCUT2D eigenvalue weighted by molar-refractivity contribution is 0.0315. The smallest absolute Gasteiger partial charge is 0.00436 e. The van der Waals surface area contributed by atoms with Gasteiger partial charge in [-0.15, -0.1) is 0 Å². The van der Waals surface area contributed by atoms with E-state index in [4.69, 9.17) is 0 Å². The van der Waals surface area contributed by atoms with Crippen molar-refractivity contribution in [2.24, 2.45) is 11.3 Å². The van der Waals surface area contributed by atoms with Gasteiger partial charge >= 0.3 is 0 Å². The topological polar surface area (TPSA) is 12.0 Å².